The van der Waals surface area contributed by atoms with Gasteiger partial charge in [-0.2, -0.15) is 0 Å². The summed E-state index contributed by atoms with van der Waals surface area (Å²) < 4.78 is 1.03. The maximum atomic E-state index is 12.2. The highest BCUT2D eigenvalue weighted by atomic mass is 32.2. The number of carbonyl (C=O) groups excluding carboxylic acids is 2. The largest absolute Gasteiger partial charge is 0.325 e. The Morgan fingerprint density at radius 1 is 0.857 bits per heavy atom. The molecule has 0 spiro atoms. The Labute approximate surface area is 170 Å². The molecule has 0 saturated carbocycles. The van der Waals surface area contributed by atoms with Gasteiger partial charge in [0.25, 0.3) is 0 Å². The maximum Gasteiger partial charge on any atom is 0.236 e. The lowest BCUT2D eigenvalue weighted by molar-refractivity contribution is -0.114. The lowest BCUT2D eigenvalue weighted by Gasteiger charge is -2.08. The van der Waals surface area contributed by atoms with E-state index in [0.717, 1.165) is 26.7 Å². The predicted octanol–water partition coefficient (Wildman–Crippen LogP) is 4.76. The van der Waals surface area contributed by atoms with Gasteiger partial charge in [0.05, 0.1) is 21.7 Å². The van der Waals surface area contributed by atoms with E-state index in [4.69, 9.17) is 0 Å². The van der Waals surface area contributed by atoms with Crippen LogP contribution in [0.4, 0.5) is 10.8 Å². The molecule has 3 aromatic carbocycles. The standard InChI is InChI=1S/C21H17N3O2S2/c25-19(22-16-10-5-7-14-6-1-2-8-15(14)16)12-27-13-20(26)24-21-23-17-9-3-4-11-18(17)28-21/h1-11H,12-13H2,(H,22,25)(H,23,24,26). The number of carbonyl (C=O) groups is 2. The van der Waals surface area contributed by atoms with Crippen molar-refractivity contribution in [3.05, 3.63) is 66.7 Å². The monoisotopic (exact) mass is 407 g/mol. The van der Waals surface area contributed by atoms with E-state index >= 15 is 0 Å². The second-order valence-corrected chi connectivity index (χ2v) is 8.12. The second-order valence-electron chi connectivity index (χ2n) is 6.10. The molecule has 5 nitrogen and oxygen atoms in total. The predicted molar refractivity (Wildman–Crippen MR) is 118 cm³/mol. The molecule has 140 valence electrons. The first-order valence-corrected chi connectivity index (χ1v) is 10.7. The first-order valence-electron chi connectivity index (χ1n) is 8.70. The summed E-state index contributed by atoms with van der Waals surface area (Å²) in [7, 11) is 0. The number of anilines is 2. The minimum atomic E-state index is -0.165. The van der Waals surface area contributed by atoms with Gasteiger partial charge in [-0.05, 0) is 23.6 Å². The van der Waals surface area contributed by atoms with E-state index in [1.165, 1.54) is 23.1 Å². The van der Waals surface area contributed by atoms with Crippen LogP contribution in [0.15, 0.2) is 66.7 Å². The molecule has 0 atom stereocenters. The molecule has 2 N–H and O–H groups in total. The Kier molecular flexibility index (Phi) is 5.55. The number of amides is 2. The minimum Gasteiger partial charge on any atom is -0.325 e. The highest BCUT2D eigenvalue weighted by Crippen LogP contribution is 2.25. The van der Waals surface area contributed by atoms with Crippen molar-refractivity contribution < 1.29 is 9.59 Å². The fourth-order valence-corrected chi connectivity index (χ4v) is 4.34. The zero-order valence-corrected chi connectivity index (χ0v) is 16.5. The van der Waals surface area contributed by atoms with Crippen molar-refractivity contribution in [3.8, 4) is 0 Å². The van der Waals surface area contributed by atoms with E-state index in [2.05, 4.69) is 15.6 Å². The summed E-state index contributed by atoms with van der Waals surface area (Å²) >= 11 is 2.71. The molecule has 0 aliphatic heterocycles. The molecule has 0 bridgehead atoms. The van der Waals surface area contributed by atoms with Gasteiger partial charge in [0.1, 0.15) is 0 Å². The number of nitrogens with zero attached hydrogens (tertiary/aromatic N) is 1. The molecule has 4 aromatic rings. The summed E-state index contributed by atoms with van der Waals surface area (Å²) in [6.45, 7) is 0. The Balaban J connectivity index is 1.28. The zero-order valence-electron chi connectivity index (χ0n) is 14.8. The van der Waals surface area contributed by atoms with Gasteiger partial charge in [0.15, 0.2) is 5.13 Å². The number of hydrogen-bond acceptors (Lipinski definition) is 5. The van der Waals surface area contributed by atoms with Crippen molar-refractivity contribution in [2.45, 2.75) is 0 Å². The Morgan fingerprint density at radius 3 is 2.43 bits per heavy atom. The molecule has 0 aliphatic rings. The average Bonchev–Trinajstić information content (AvgIpc) is 3.10. The van der Waals surface area contributed by atoms with Crippen molar-refractivity contribution in [2.75, 3.05) is 22.1 Å². The summed E-state index contributed by atoms with van der Waals surface area (Å²) in [5.74, 6) is 0.103. The topological polar surface area (TPSA) is 71.1 Å². The van der Waals surface area contributed by atoms with E-state index in [0.29, 0.717) is 5.13 Å². The van der Waals surface area contributed by atoms with Gasteiger partial charge < -0.3 is 10.6 Å². The van der Waals surface area contributed by atoms with Crippen LogP contribution in [0.2, 0.25) is 0 Å². The lowest BCUT2D eigenvalue weighted by Crippen LogP contribution is -2.18. The third kappa shape index (κ3) is 4.32. The molecule has 7 heteroatoms. The fraction of sp³-hybridized carbons (Fsp3) is 0.0952. The number of para-hydroxylation sites is 1. The van der Waals surface area contributed by atoms with Gasteiger partial charge in [-0.15, -0.1) is 11.8 Å². The fourth-order valence-electron chi connectivity index (χ4n) is 2.84. The molecular weight excluding hydrogens is 390 g/mol. The number of fused-ring (bicyclic) bond motifs is 2. The van der Waals surface area contributed by atoms with E-state index < -0.39 is 0 Å². The average molecular weight is 408 g/mol. The number of thioether (sulfide) groups is 1. The molecule has 0 unspecified atom stereocenters. The smallest absolute Gasteiger partial charge is 0.236 e. The molecule has 1 heterocycles. The maximum absolute atomic E-state index is 12.2. The third-order valence-corrected chi connectivity index (χ3v) is 5.95. The number of aromatic nitrogens is 1. The zero-order chi connectivity index (χ0) is 19.3. The SMILES string of the molecule is O=C(CSCC(=O)Nc1cccc2ccccc12)Nc1nc2ccccc2s1. The lowest BCUT2D eigenvalue weighted by atomic mass is 10.1. The van der Waals surface area contributed by atoms with Crippen LogP contribution in [-0.2, 0) is 9.59 Å². The van der Waals surface area contributed by atoms with Gasteiger partial charge in [-0.25, -0.2) is 4.98 Å². The third-order valence-electron chi connectivity index (χ3n) is 4.07. The van der Waals surface area contributed by atoms with Crippen LogP contribution in [0, 0.1) is 0 Å². The van der Waals surface area contributed by atoms with Crippen LogP contribution < -0.4 is 10.6 Å². The molecule has 0 aliphatic carbocycles. The van der Waals surface area contributed by atoms with Gasteiger partial charge in [-0.1, -0.05) is 59.9 Å². The molecule has 2 amide bonds. The van der Waals surface area contributed by atoms with Crippen LogP contribution in [0.1, 0.15) is 0 Å². The van der Waals surface area contributed by atoms with Gasteiger partial charge >= 0.3 is 0 Å². The Hall–Kier alpha value is -2.90. The van der Waals surface area contributed by atoms with Crippen molar-refractivity contribution in [1.82, 2.24) is 4.98 Å². The number of thiazole rings is 1. The molecule has 1 aromatic heterocycles. The van der Waals surface area contributed by atoms with E-state index in [9.17, 15) is 9.59 Å². The normalized spacial score (nSPS) is 10.9. The summed E-state index contributed by atoms with van der Waals surface area (Å²) in [5, 5.41) is 8.36. The van der Waals surface area contributed by atoms with E-state index in [1.807, 2.05) is 66.7 Å². The van der Waals surface area contributed by atoms with Gasteiger partial charge in [0, 0.05) is 11.1 Å². The molecule has 0 radical (unpaired) electrons. The second kappa shape index (κ2) is 8.41. The molecule has 0 saturated heterocycles. The van der Waals surface area contributed by atoms with Crippen LogP contribution in [-0.4, -0.2) is 28.3 Å². The summed E-state index contributed by atoms with van der Waals surface area (Å²) in [5.41, 5.74) is 1.65. The highest BCUT2D eigenvalue weighted by molar-refractivity contribution is 8.00. The van der Waals surface area contributed by atoms with Crippen molar-refractivity contribution in [2.24, 2.45) is 0 Å². The number of rotatable bonds is 6. The van der Waals surface area contributed by atoms with E-state index in [1.54, 1.807) is 0 Å². The summed E-state index contributed by atoms with van der Waals surface area (Å²) in [6, 6.07) is 21.4. The van der Waals surface area contributed by atoms with Crippen LogP contribution >= 0.6 is 23.1 Å². The highest BCUT2D eigenvalue weighted by Gasteiger charge is 2.10. The number of benzene rings is 3. The molecule has 0 fully saturated rings. The van der Waals surface area contributed by atoms with E-state index in [-0.39, 0.29) is 23.3 Å². The molecular formula is C21H17N3O2S2. The van der Waals surface area contributed by atoms with Crippen molar-refractivity contribution in [3.63, 3.8) is 0 Å². The quantitative estimate of drug-likeness (QED) is 0.483. The summed E-state index contributed by atoms with van der Waals surface area (Å²) in [4.78, 5) is 28.7. The number of hydrogen-bond donors (Lipinski definition) is 2. The first-order chi connectivity index (χ1) is 13.7. The minimum absolute atomic E-state index is 0.130. The van der Waals surface area contributed by atoms with Gasteiger partial charge in [-0.3, -0.25) is 9.59 Å². The van der Waals surface area contributed by atoms with Crippen LogP contribution in [0.3, 0.4) is 0 Å². The van der Waals surface area contributed by atoms with Crippen LogP contribution in [0.5, 0.6) is 0 Å². The van der Waals surface area contributed by atoms with Gasteiger partial charge in [0.2, 0.25) is 11.8 Å². The Morgan fingerprint density at radius 2 is 1.57 bits per heavy atom. The number of nitrogens with one attached hydrogen (secondary N) is 2. The van der Waals surface area contributed by atoms with Crippen molar-refractivity contribution >= 4 is 66.7 Å². The van der Waals surface area contributed by atoms with Crippen molar-refractivity contribution in [1.29, 1.82) is 0 Å². The van der Waals surface area contributed by atoms with Crippen LogP contribution in [0.25, 0.3) is 21.0 Å². The Bertz CT molecular complexity index is 1120. The molecule has 28 heavy (non-hydrogen) atoms. The molecule has 4 rings (SSSR count). The first kappa shape index (κ1) is 18.5. The summed E-state index contributed by atoms with van der Waals surface area (Å²) in [6.07, 6.45) is 0.